The fourth-order valence-electron chi connectivity index (χ4n) is 1.68. The molecule has 2 rings (SSSR count). The summed E-state index contributed by atoms with van der Waals surface area (Å²) in [7, 11) is 0. The lowest BCUT2D eigenvalue weighted by Gasteiger charge is -2.12. The van der Waals surface area contributed by atoms with Crippen molar-refractivity contribution in [2.75, 3.05) is 5.32 Å². The van der Waals surface area contributed by atoms with Gasteiger partial charge in [-0.1, -0.05) is 22.0 Å². The summed E-state index contributed by atoms with van der Waals surface area (Å²) in [6.07, 6.45) is 3.97. The quantitative estimate of drug-likeness (QED) is 0.942. The molecule has 5 heteroatoms. The second-order valence-electron chi connectivity index (χ2n) is 4.10. The van der Waals surface area contributed by atoms with Crippen LogP contribution in [0, 0.1) is 0 Å². The maximum Gasteiger partial charge on any atom is 0.226 e. The normalized spacial score (nSPS) is 12.1. The number of amides is 1. The third kappa shape index (κ3) is 3.43. The van der Waals surface area contributed by atoms with Crippen LogP contribution in [0.4, 0.5) is 5.69 Å². The van der Waals surface area contributed by atoms with E-state index in [0.29, 0.717) is 6.42 Å². The lowest BCUT2D eigenvalue weighted by Crippen LogP contribution is -2.17. The summed E-state index contributed by atoms with van der Waals surface area (Å²) in [5, 5.41) is 6.99. The van der Waals surface area contributed by atoms with E-state index in [1.165, 1.54) is 0 Å². The Morgan fingerprint density at radius 3 is 3.00 bits per heavy atom. The van der Waals surface area contributed by atoms with Crippen molar-refractivity contribution >= 4 is 27.5 Å². The Balaban J connectivity index is 1.93. The van der Waals surface area contributed by atoms with E-state index in [9.17, 15) is 4.79 Å². The number of hydrogen-bond acceptors (Lipinski definition) is 2. The Morgan fingerprint density at radius 1 is 1.50 bits per heavy atom. The molecular weight excluding hydrogens is 294 g/mol. The third-order valence-corrected chi connectivity index (χ3v) is 3.06. The molecule has 1 atom stereocenters. The predicted octanol–water partition coefficient (Wildman–Crippen LogP) is 3.24. The fourth-order valence-corrected chi connectivity index (χ4v) is 2.08. The van der Waals surface area contributed by atoms with Crippen LogP contribution < -0.4 is 5.32 Å². The number of hydrogen-bond donors (Lipinski definition) is 1. The van der Waals surface area contributed by atoms with Crippen LogP contribution in [-0.4, -0.2) is 15.7 Å². The molecule has 94 valence electrons. The molecule has 0 unspecified atom stereocenters. The van der Waals surface area contributed by atoms with E-state index in [1.54, 1.807) is 10.9 Å². The van der Waals surface area contributed by atoms with Gasteiger partial charge in [-0.15, -0.1) is 0 Å². The van der Waals surface area contributed by atoms with E-state index in [0.717, 1.165) is 10.2 Å². The van der Waals surface area contributed by atoms with E-state index in [4.69, 9.17) is 0 Å². The Labute approximate surface area is 114 Å². The van der Waals surface area contributed by atoms with Crippen LogP contribution >= 0.6 is 15.9 Å². The summed E-state index contributed by atoms with van der Waals surface area (Å²) in [4.78, 5) is 11.9. The maximum atomic E-state index is 11.9. The molecule has 0 spiro atoms. The van der Waals surface area contributed by atoms with Gasteiger partial charge in [-0.3, -0.25) is 9.48 Å². The molecule has 4 nitrogen and oxygen atoms in total. The average Bonchev–Trinajstić information content (AvgIpc) is 2.81. The van der Waals surface area contributed by atoms with E-state index >= 15 is 0 Å². The minimum atomic E-state index is -0.0175. The molecule has 0 aliphatic rings. The highest BCUT2D eigenvalue weighted by atomic mass is 79.9. The van der Waals surface area contributed by atoms with Crippen LogP contribution in [0.2, 0.25) is 0 Å². The standard InChI is InChI=1S/C13H14BrN3O/c1-10(17-7-3-6-15-17)8-13(18)16-12-5-2-4-11(14)9-12/h2-7,9-10H,8H2,1H3,(H,16,18)/t10-/m1/s1. The molecule has 18 heavy (non-hydrogen) atoms. The highest BCUT2D eigenvalue weighted by molar-refractivity contribution is 9.10. The average molecular weight is 308 g/mol. The second kappa shape index (κ2) is 5.82. The van der Waals surface area contributed by atoms with Crippen molar-refractivity contribution in [2.45, 2.75) is 19.4 Å². The lowest BCUT2D eigenvalue weighted by molar-refractivity contribution is -0.116. The summed E-state index contributed by atoms with van der Waals surface area (Å²) >= 11 is 3.37. The monoisotopic (exact) mass is 307 g/mol. The molecule has 0 aliphatic carbocycles. The summed E-state index contributed by atoms with van der Waals surface area (Å²) in [5.74, 6) is -0.0175. The van der Waals surface area contributed by atoms with Crippen LogP contribution in [0.15, 0.2) is 47.2 Å². The minimum absolute atomic E-state index is 0.0175. The van der Waals surface area contributed by atoms with Crippen LogP contribution in [0.3, 0.4) is 0 Å². The van der Waals surface area contributed by atoms with Gasteiger partial charge < -0.3 is 5.32 Å². The highest BCUT2D eigenvalue weighted by Crippen LogP contribution is 2.17. The van der Waals surface area contributed by atoms with E-state index in [-0.39, 0.29) is 11.9 Å². The van der Waals surface area contributed by atoms with Gasteiger partial charge in [0.1, 0.15) is 0 Å². The Bertz CT molecular complexity index is 525. The van der Waals surface area contributed by atoms with Gasteiger partial charge in [-0.2, -0.15) is 5.10 Å². The van der Waals surface area contributed by atoms with E-state index < -0.39 is 0 Å². The minimum Gasteiger partial charge on any atom is -0.326 e. The first-order chi connectivity index (χ1) is 8.65. The van der Waals surface area contributed by atoms with Crippen molar-refractivity contribution in [1.82, 2.24) is 9.78 Å². The summed E-state index contributed by atoms with van der Waals surface area (Å²) in [5.41, 5.74) is 0.794. The van der Waals surface area contributed by atoms with Crippen molar-refractivity contribution in [3.63, 3.8) is 0 Å². The van der Waals surface area contributed by atoms with Crippen LogP contribution in [-0.2, 0) is 4.79 Å². The van der Waals surface area contributed by atoms with Gasteiger partial charge in [-0.25, -0.2) is 0 Å². The summed E-state index contributed by atoms with van der Waals surface area (Å²) in [6.45, 7) is 1.97. The molecule has 0 saturated heterocycles. The number of nitrogens with one attached hydrogen (secondary N) is 1. The largest absolute Gasteiger partial charge is 0.326 e. The van der Waals surface area contributed by atoms with Crippen molar-refractivity contribution in [3.8, 4) is 0 Å². The van der Waals surface area contributed by atoms with Crippen molar-refractivity contribution in [3.05, 3.63) is 47.2 Å². The highest BCUT2D eigenvalue weighted by Gasteiger charge is 2.11. The molecule has 2 aromatic rings. The van der Waals surface area contributed by atoms with Gasteiger partial charge in [0.2, 0.25) is 5.91 Å². The molecule has 1 amide bonds. The Hall–Kier alpha value is -1.62. The molecule has 0 bridgehead atoms. The summed E-state index contributed by atoms with van der Waals surface area (Å²) in [6, 6.07) is 9.44. The maximum absolute atomic E-state index is 11.9. The smallest absolute Gasteiger partial charge is 0.226 e. The lowest BCUT2D eigenvalue weighted by atomic mass is 10.2. The van der Waals surface area contributed by atoms with Crippen LogP contribution in [0.1, 0.15) is 19.4 Å². The molecule has 0 fully saturated rings. The molecule has 1 heterocycles. The number of rotatable bonds is 4. The zero-order valence-electron chi connectivity index (χ0n) is 10.0. The zero-order valence-corrected chi connectivity index (χ0v) is 11.6. The number of benzene rings is 1. The first-order valence-corrected chi connectivity index (χ1v) is 6.49. The number of nitrogens with zero attached hydrogens (tertiary/aromatic N) is 2. The SMILES string of the molecule is C[C@H](CC(=O)Nc1cccc(Br)c1)n1cccn1. The molecular formula is C13H14BrN3O. The number of aromatic nitrogens is 2. The second-order valence-corrected chi connectivity index (χ2v) is 5.01. The van der Waals surface area contributed by atoms with Gasteiger partial charge in [0.25, 0.3) is 0 Å². The number of carbonyl (C=O) groups is 1. The van der Waals surface area contributed by atoms with E-state index in [1.807, 2.05) is 43.5 Å². The number of carbonyl (C=O) groups excluding carboxylic acids is 1. The van der Waals surface area contributed by atoms with Crippen molar-refractivity contribution in [2.24, 2.45) is 0 Å². The van der Waals surface area contributed by atoms with Crippen LogP contribution in [0.5, 0.6) is 0 Å². The first-order valence-electron chi connectivity index (χ1n) is 5.69. The molecule has 1 aromatic heterocycles. The van der Waals surface area contributed by atoms with Crippen molar-refractivity contribution < 1.29 is 4.79 Å². The molecule has 1 aromatic carbocycles. The third-order valence-electron chi connectivity index (χ3n) is 2.57. The topological polar surface area (TPSA) is 46.9 Å². The van der Waals surface area contributed by atoms with Crippen LogP contribution in [0.25, 0.3) is 0 Å². The molecule has 1 N–H and O–H groups in total. The van der Waals surface area contributed by atoms with E-state index in [2.05, 4.69) is 26.3 Å². The predicted molar refractivity (Wildman–Crippen MR) is 74.3 cm³/mol. The fraction of sp³-hybridized carbons (Fsp3) is 0.231. The molecule has 0 radical (unpaired) electrons. The van der Waals surface area contributed by atoms with Gasteiger partial charge >= 0.3 is 0 Å². The molecule has 0 saturated carbocycles. The van der Waals surface area contributed by atoms with Gasteiger partial charge in [0.15, 0.2) is 0 Å². The number of halogens is 1. The van der Waals surface area contributed by atoms with Gasteiger partial charge in [0.05, 0.1) is 6.04 Å². The zero-order chi connectivity index (χ0) is 13.0. The molecule has 0 aliphatic heterocycles. The summed E-state index contributed by atoms with van der Waals surface area (Å²) < 4.78 is 2.72. The Morgan fingerprint density at radius 2 is 2.33 bits per heavy atom. The van der Waals surface area contributed by atoms with Gasteiger partial charge in [0, 0.05) is 29.0 Å². The Kier molecular flexibility index (Phi) is 4.15. The number of anilines is 1. The van der Waals surface area contributed by atoms with Gasteiger partial charge in [-0.05, 0) is 31.2 Å². The van der Waals surface area contributed by atoms with Crippen molar-refractivity contribution in [1.29, 1.82) is 0 Å². The first kappa shape index (κ1) is 12.8.